The number of hydrogen-bond donors (Lipinski definition) is 1. The Kier molecular flexibility index (Phi) is 13.2. The second-order valence-corrected chi connectivity index (χ2v) is 15.5. The zero-order chi connectivity index (χ0) is 35.7. The Bertz CT molecular complexity index is 1630. The number of aromatic amines is 1. The fourth-order valence-electron chi connectivity index (χ4n) is 7.81. The number of aryl methyl sites for hydroxylation is 1. The van der Waals surface area contributed by atoms with E-state index < -0.39 is 0 Å². The van der Waals surface area contributed by atoms with Gasteiger partial charge >= 0.3 is 11.9 Å². The molecule has 5 rings (SSSR count). The third kappa shape index (κ3) is 9.80. The number of ether oxygens (including phenoxy) is 3. The van der Waals surface area contributed by atoms with Gasteiger partial charge in [-0.2, -0.15) is 0 Å². The van der Waals surface area contributed by atoms with Crippen molar-refractivity contribution in [2.24, 2.45) is 5.92 Å². The fourth-order valence-corrected chi connectivity index (χ4v) is 7.81. The lowest BCUT2D eigenvalue weighted by Crippen LogP contribution is -2.45. The van der Waals surface area contributed by atoms with Gasteiger partial charge in [-0.1, -0.05) is 63.2 Å². The molecule has 2 aliphatic rings. The van der Waals surface area contributed by atoms with Gasteiger partial charge in [-0.15, -0.1) is 0 Å². The Morgan fingerprint density at radius 2 is 1.62 bits per heavy atom. The van der Waals surface area contributed by atoms with Gasteiger partial charge in [0.25, 0.3) is 0 Å². The van der Waals surface area contributed by atoms with Gasteiger partial charge in [-0.05, 0) is 115 Å². The topological polar surface area (TPSA) is 80.9 Å². The SMILES string of the molecule is CCCCCc1cc(OC(=O)CCCCCCCCC(=O)Oc2cccc3[nH]cc(CCN(C)C)c23)c2c(c1)OC(C)(C)C1CCC(C)=CC21. The summed E-state index contributed by atoms with van der Waals surface area (Å²) in [6, 6.07) is 10.1. The van der Waals surface area contributed by atoms with E-state index in [2.05, 4.69) is 69.9 Å². The van der Waals surface area contributed by atoms with Crippen molar-refractivity contribution in [3.8, 4) is 17.2 Å². The Morgan fingerprint density at radius 1 is 0.920 bits per heavy atom. The lowest BCUT2D eigenvalue weighted by atomic mass is 9.68. The predicted molar refractivity (Wildman–Crippen MR) is 202 cm³/mol. The summed E-state index contributed by atoms with van der Waals surface area (Å²) in [6.45, 7) is 9.77. The molecule has 1 aliphatic heterocycles. The van der Waals surface area contributed by atoms with Gasteiger partial charge in [-0.25, -0.2) is 0 Å². The number of fused-ring (bicyclic) bond motifs is 4. The van der Waals surface area contributed by atoms with E-state index in [1.165, 1.54) is 29.5 Å². The third-order valence-electron chi connectivity index (χ3n) is 10.6. The Labute approximate surface area is 300 Å². The maximum atomic E-state index is 13.2. The summed E-state index contributed by atoms with van der Waals surface area (Å²) < 4.78 is 18.7. The van der Waals surface area contributed by atoms with E-state index in [-0.39, 0.29) is 23.5 Å². The van der Waals surface area contributed by atoms with Gasteiger partial charge in [0.15, 0.2) is 0 Å². The second-order valence-electron chi connectivity index (χ2n) is 15.5. The number of likely N-dealkylation sites (N-methyl/N-ethyl adjacent to an activating group) is 1. The highest BCUT2D eigenvalue weighted by Crippen LogP contribution is 2.54. The highest BCUT2D eigenvalue weighted by Gasteiger charge is 2.45. The number of benzene rings is 2. The van der Waals surface area contributed by atoms with Crippen LogP contribution < -0.4 is 14.2 Å². The number of unbranched alkanes of at least 4 members (excludes halogenated alkanes) is 7. The monoisotopic (exact) mass is 684 g/mol. The van der Waals surface area contributed by atoms with E-state index in [0.717, 1.165) is 99.4 Å². The van der Waals surface area contributed by atoms with Crippen LogP contribution in [0.2, 0.25) is 0 Å². The van der Waals surface area contributed by atoms with Crippen molar-refractivity contribution in [1.29, 1.82) is 0 Å². The maximum Gasteiger partial charge on any atom is 0.311 e. The summed E-state index contributed by atoms with van der Waals surface area (Å²) >= 11 is 0. The lowest BCUT2D eigenvalue weighted by Gasteiger charge is -2.46. The first-order valence-electron chi connectivity index (χ1n) is 19.2. The van der Waals surface area contributed by atoms with Gasteiger partial charge in [0.2, 0.25) is 0 Å². The molecule has 0 fully saturated rings. The van der Waals surface area contributed by atoms with E-state index in [1.807, 2.05) is 24.4 Å². The molecule has 7 nitrogen and oxygen atoms in total. The van der Waals surface area contributed by atoms with E-state index in [1.54, 1.807) is 0 Å². The van der Waals surface area contributed by atoms with Crippen LogP contribution in [0.1, 0.15) is 134 Å². The first kappa shape index (κ1) is 37.7. The molecule has 1 aliphatic carbocycles. The first-order chi connectivity index (χ1) is 24.1. The predicted octanol–water partition coefficient (Wildman–Crippen LogP) is 10.2. The van der Waals surface area contributed by atoms with E-state index in [0.29, 0.717) is 30.3 Å². The molecular weight excluding hydrogens is 624 g/mol. The van der Waals surface area contributed by atoms with Crippen LogP contribution in [0.15, 0.2) is 48.2 Å². The fraction of sp³-hybridized carbons (Fsp3) is 0.581. The summed E-state index contributed by atoms with van der Waals surface area (Å²) in [4.78, 5) is 31.4. The molecule has 50 heavy (non-hydrogen) atoms. The number of carbonyl (C=O) groups is 2. The molecule has 2 heterocycles. The molecule has 0 spiro atoms. The molecule has 0 saturated carbocycles. The number of allylic oxidation sites excluding steroid dienone is 2. The largest absolute Gasteiger partial charge is 0.487 e. The Morgan fingerprint density at radius 3 is 2.32 bits per heavy atom. The average molecular weight is 685 g/mol. The van der Waals surface area contributed by atoms with Crippen molar-refractivity contribution in [2.45, 2.75) is 136 Å². The third-order valence-corrected chi connectivity index (χ3v) is 10.6. The molecule has 3 aromatic rings. The van der Waals surface area contributed by atoms with Crippen LogP contribution in [0.5, 0.6) is 17.2 Å². The number of nitrogens with zero attached hydrogens (tertiary/aromatic N) is 1. The Hall–Kier alpha value is -3.58. The van der Waals surface area contributed by atoms with Crippen LogP contribution in [0, 0.1) is 5.92 Å². The summed E-state index contributed by atoms with van der Waals surface area (Å²) in [7, 11) is 4.12. The number of nitrogens with one attached hydrogen (secondary N) is 1. The zero-order valence-electron chi connectivity index (χ0n) is 31.5. The van der Waals surface area contributed by atoms with Crippen LogP contribution in [0.4, 0.5) is 0 Å². The molecule has 0 saturated heterocycles. The molecule has 0 radical (unpaired) electrons. The molecule has 0 bridgehead atoms. The number of rotatable bonds is 18. The summed E-state index contributed by atoms with van der Waals surface area (Å²) in [6.07, 6.45) is 18.2. The molecule has 2 aromatic carbocycles. The molecule has 2 atom stereocenters. The van der Waals surface area contributed by atoms with Crippen molar-refractivity contribution in [3.63, 3.8) is 0 Å². The molecule has 2 unspecified atom stereocenters. The minimum Gasteiger partial charge on any atom is -0.487 e. The van der Waals surface area contributed by atoms with Gasteiger partial charge in [-0.3, -0.25) is 9.59 Å². The first-order valence-corrected chi connectivity index (χ1v) is 19.2. The number of hydrogen-bond acceptors (Lipinski definition) is 6. The highest BCUT2D eigenvalue weighted by molar-refractivity contribution is 5.91. The summed E-state index contributed by atoms with van der Waals surface area (Å²) in [5.41, 5.74) is 5.52. The number of aromatic nitrogens is 1. The van der Waals surface area contributed by atoms with Crippen molar-refractivity contribution < 1.29 is 23.8 Å². The summed E-state index contributed by atoms with van der Waals surface area (Å²) in [5, 5.41) is 1.00. The number of carbonyl (C=O) groups excluding carboxylic acids is 2. The van der Waals surface area contributed by atoms with Crippen LogP contribution in [-0.4, -0.2) is 48.1 Å². The molecule has 7 heteroatoms. The van der Waals surface area contributed by atoms with Crippen molar-refractivity contribution in [2.75, 3.05) is 20.6 Å². The molecule has 0 amide bonds. The second kappa shape index (κ2) is 17.6. The zero-order valence-corrected chi connectivity index (χ0v) is 31.5. The Balaban J connectivity index is 1.07. The number of H-pyrrole nitrogens is 1. The van der Waals surface area contributed by atoms with E-state index in [9.17, 15) is 9.59 Å². The molecular formula is C43H60N2O5. The highest BCUT2D eigenvalue weighted by atomic mass is 16.5. The van der Waals surface area contributed by atoms with Gasteiger partial charge < -0.3 is 24.1 Å². The molecule has 272 valence electrons. The lowest BCUT2D eigenvalue weighted by molar-refractivity contribution is -0.135. The van der Waals surface area contributed by atoms with Crippen molar-refractivity contribution in [3.05, 3.63) is 64.9 Å². The minimum absolute atomic E-state index is 0.166. The average Bonchev–Trinajstić information content (AvgIpc) is 3.48. The van der Waals surface area contributed by atoms with Crippen LogP contribution in [-0.2, 0) is 22.4 Å². The van der Waals surface area contributed by atoms with Crippen molar-refractivity contribution in [1.82, 2.24) is 9.88 Å². The smallest absolute Gasteiger partial charge is 0.311 e. The summed E-state index contributed by atoms with van der Waals surface area (Å²) in [5.74, 6) is 2.41. The van der Waals surface area contributed by atoms with Crippen LogP contribution in [0.3, 0.4) is 0 Å². The van der Waals surface area contributed by atoms with Gasteiger partial charge in [0, 0.05) is 53.9 Å². The maximum absolute atomic E-state index is 13.2. The normalized spacial score (nSPS) is 17.9. The minimum atomic E-state index is -0.272. The molecule has 1 aromatic heterocycles. The van der Waals surface area contributed by atoms with Crippen LogP contribution >= 0.6 is 0 Å². The quantitative estimate of drug-likeness (QED) is 0.0622. The standard InChI is InChI=1S/C43H60N2O5/c1-7-8-13-17-31-27-37(42-33-26-30(2)22-23-34(33)43(3,4)50-38(42)28-31)49-40(47)21-15-12-10-9-11-14-20-39(46)48-36-19-16-18-35-41(36)32(29-44-35)24-25-45(5)6/h16,18-19,26-29,33-34,44H,7-15,17,20-25H2,1-6H3. The van der Waals surface area contributed by atoms with Gasteiger partial charge in [0.05, 0.1) is 0 Å². The molecule has 1 N–H and O–H groups in total. The van der Waals surface area contributed by atoms with Gasteiger partial charge in [0.1, 0.15) is 22.8 Å². The van der Waals surface area contributed by atoms with Crippen LogP contribution in [0.25, 0.3) is 10.9 Å². The van der Waals surface area contributed by atoms with E-state index >= 15 is 0 Å². The van der Waals surface area contributed by atoms with Crippen molar-refractivity contribution >= 4 is 22.8 Å². The number of esters is 2. The van der Waals surface area contributed by atoms with E-state index in [4.69, 9.17) is 14.2 Å².